The SMILES string of the molecule is O=C(c1ccc2ccccc2c1O)N1CCCCC1CBr. The Morgan fingerprint density at radius 3 is 2.86 bits per heavy atom. The number of alkyl halides is 1. The lowest BCUT2D eigenvalue weighted by molar-refractivity contribution is 0.0639. The first-order chi connectivity index (χ1) is 10.2. The Hall–Kier alpha value is -1.55. The molecule has 0 aromatic heterocycles. The van der Waals surface area contributed by atoms with Crippen LogP contribution in [-0.4, -0.2) is 33.8 Å². The zero-order valence-electron chi connectivity index (χ0n) is 11.8. The average molecular weight is 348 g/mol. The molecule has 21 heavy (non-hydrogen) atoms. The number of phenols is 1. The maximum atomic E-state index is 12.8. The number of halogens is 1. The molecule has 4 heteroatoms. The van der Waals surface area contributed by atoms with Gasteiger partial charge in [0, 0.05) is 23.3 Å². The van der Waals surface area contributed by atoms with Crippen LogP contribution >= 0.6 is 15.9 Å². The fourth-order valence-corrected chi connectivity index (χ4v) is 3.68. The highest BCUT2D eigenvalue weighted by atomic mass is 79.9. The van der Waals surface area contributed by atoms with Gasteiger partial charge >= 0.3 is 0 Å². The van der Waals surface area contributed by atoms with Crippen LogP contribution in [0.2, 0.25) is 0 Å². The van der Waals surface area contributed by atoms with E-state index in [0.717, 1.165) is 41.9 Å². The van der Waals surface area contributed by atoms with Crippen molar-refractivity contribution in [2.45, 2.75) is 25.3 Å². The van der Waals surface area contributed by atoms with Gasteiger partial charge in [-0.05, 0) is 30.7 Å². The van der Waals surface area contributed by atoms with E-state index in [1.54, 1.807) is 6.07 Å². The summed E-state index contributed by atoms with van der Waals surface area (Å²) in [4.78, 5) is 14.7. The summed E-state index contributed by atoms with van der Waals surface area (Å²) in [5.74, 6) is 0.0272. The Kier molecular flexibility index (Phi) is 4.15. The molecule has 0 aliphatic carbocycles. The molecule has 3 nitrogen and oxygen atoms in total. The molecular weight excluding hydrogens is 330 g/mol. The van der Waals surface area contributed by atoms with Gasteiger partial charge in [-0.15, -0.1) is 0 Å². The van der Waals surface area contributed by atoms with Gasteiger partial charge in [-0.1, -0.05) is 46.3 Å². The van der Waals surface area contributed by atoms with E-state index in [4.69, 9.17) is 0 Å². The van der Waals surface area contributed by atoms with Crippen molar-refractivity contribution >= 4 is 32.6 Å². The van der Waals surface area contributed by atoms with E-state index in [0.29, 0.717) is 5.56 Å². The van der Waals surface area contributed by atoms with Crippen LogP contribution in [0, 0.1) is 0 Å². The van der Waals surface area contributed by atoms with E-state index >= 15 is 0 Å². The van der Waals surface area contributed by atoms with Gasteiger partial charge in [0.2, 0.25) is 0 Å². The molecule has 1 saturated heterocycles. The first-order valence-electron chi connectivity index (χ1n) is 7.30. The van der Waals surface area contributed by atoms with Gasteiger partial charge in [0.25, 0.3) is 5.91 Å². The molecule has 1 amide bonds. The topological polar surface area (TPSA) is 40.5 Å². The third kappa shape index (κ3) is 2.64. The summed E-state index contributed by atoms with van der Waals surface area (Å²) >= 11 is 3.49. The molecule has 2 aromatic rings. The summed E-state index contributed by atoms with van der Waals surface area (Å²) < 4.78 is 0. The van der Waals surface area contributed by atoms with Crippen LogP contribution in [0.5, 0.6) is 5.75 Å². The molecule has 1 N–H and O–H groups in total. The van der Waals surface area contributed by atoms with Crippen LogP contribution in [0.15, 0.2) is 36.4 Å². The van der Waals surface area contributed by atoms with Crippen molar-refractivity contribution in [1.82, 2.24) is 4.90 Å². The number of likely N-dealkylation sites (tertiary alicyclic amines) is 1. The van der Waals surface area contributed by atoms with Crippen molar-refractivity contribution in [3.05, 3.63) is 42.0 Å². The lowest BCUT2D eigenvalue weighted by Gasteiger charge is -2.35. The second-order valence-electron chi connectivity index (χ2n) is 5.49. The largest absolute Gasteiger partial charge is 0.506 e. The van der Waals surface area contributed by atoms with Gasteiger partial charge < -0.3 is 10.0 Å². The number of fused-ring (bicyclic) bond motifs is 1. The number of rotatable bonds is 2. The Morgan fingerprint density at radius 1 is 1.24 bits per heavy atom. The van der Waals surface area contributed by atoms with Crippen LogP contribution in [0.4, 0.5) is 0 Å². The van der Waals surface area contributed by atoms with Gasteiger partial charge in [-0.2, -0.15) is 0 Å². The number of phenolic OH excluding ortho intramolecular Hbond substituents is 1. The quantitative estimate of drug-likeness (QED) is 0.836. The molecule has 0 spiro atoms. The Morgan fingerprint density at radius 2 is 2.05 bits per heavy atom. The van der Waals surface area contributed by atoms with E-state index in [1.165, 1.54) is 0 Å². The summed E-state index contributed by atoms with van der Waals surface area (Å²) in [5.41, 5.74) is 0.404. The number of benzene rings is 2. The third-order valence-corrected chi connectivity index (χ3v) is 4.94. The molecule has 1 aliphatic heterocycles. The maximum Gasteiger partial charge on any atom is 0.257 e. The van der Waals surface area contributed by atoms with E-state index in [2.05, 4.69) is 15.9 Å². The highest BCUT2D eigenvalue weighted by molar-refractivity contribution is 9.09. The summed E-state index contributed by atoms with van der Waals surface area (Å²) in [6.45, 7) is 0.765. The molecule has 1 aliphatic rings. The summed E-state index contributed by atoms with van der Waals surface area (Å²) in [7, 11) is 0. The summed E-state index contributed by atoms with van der Waals surface area (Å²) in [5, 5.41) is 12.9. The predicted molar refractivity (Wildman–Crippen MR) is 88.1 cm³/mol. The molecule has 2 aromatic carbocycles. The number of nitrogens with zero attached hydrogens (tertiary/aromatic N) is 1. The van der Waals surface area contributed by atoms with Crippen LogP contribution in [0.3, 0.4) is 0 Å². The molecule has 3 rings (SSSR count). The van der Waals surface area contributed by atoms with Crippen molar-refractivity contribution in [2.24, 2.45) is 0 Å². The monoisotopic (exact) mass is 347 g/mol. The van der Waals surface area contributed by atoms with E-state index in [1.807, 2.05) is 35.2 Å². The first kappa shape index (κ1) is 14.4. The smallest absolute Gasteiger partial charge is 0.257 e. The minimum absolute atomic E-state index is 0.0672. The van der Waals surface area contributed by atoms with Crippen molar-refractivity contribution in [3.63, 3.8) is 0 Å². The molecule has 1 heterocycles. The van der Waals surface area contributed by atoms with E-state index in [-0.39, 0.29) is 17.7 Å². The van der Waals surface area contributed by atoms with Gasteiger partial charge in [0.15, 0.2) is 0 Å². The number of hydrogen-bond acceptors (Lipinski definition) is 2. The summed E-state index contributed by atoms with van der Waals surface area (Å²) in [6.07, 6.45) is 3.21. The second kappa shape index (κ2) is 6.06. The first-order valence-corrected chi connectivity index (χ1v) is 8.42. The zero-order valence-corrected chi connectivity index (χ0v) is 13.3. The number of amides is 1. The predicted octanol–water partition coefficient (Wildman–Crippen LogP) is 3.94. The van der Waals surface area contributed by atoms with Crippen LogP contribution in [-0.2, 0) is 0 Å². The lowest BCUT2D eigenvalue weighted by Crippen LogP contribution is -2.44. The van der Waals surface area contributed by atoms with Gasteiger partial charge in [0.1, 0.15) is 5.75 Å². The minimum Gasteiger partial charge on any atom is -0.506 e. The van der Waals surface area contributed by atoms with Crippen molar-refractivity contribution in [2.75, 3.05) is 11.9 Å². The number of carbonyl (C=O) groups is 1. The summed E-state index contributed by atoms with van der Waals surface area (Å²) in [6, 6.07) is 11.4. The van der Waals surface area contributed by atoms with Crippen molar-refractivity contribution in [1.29, 1.82) is 0 Å². The maximum absolute atomic E-state index is 12.8. The van der Waals surface area contributed by atoms with Crippen LogP contribution < -0.4 is 0 Å². The van der Waals surface area contributed by atoms with E-state index in [9.17, 15) is 9.90 Å². The Labute approximate surface area is 132 Å². The highest BCUT2D eigenvalue weighted by Gasteiger charge is 2.28. The fraction of sp³-hybridized carbons (Fsp3) is 0.353. The Balaban J connectivity index is 1.99. The number of carbonyl (C=O) groups excluding carboxylic acids is 1. The lowest BCUT2D eigenvalue weighted by atomic mass is 10.00. The van der Waals surface area contributed by atoms with Crippen molar-refractivity contribution in [3.8, 4) is 5.75 Å². The molecular formula is C17H18BrNO2. The van der Waals surface area contributed by atoms with Gasteiger partial charge in [-0.3, -0.25) is 4.79 Å². The molecule has 1 atom stereocenters. The van der Waals surface area contributed by atoms with Crippen molar-refractivity contribution < 1.29 is 9.90 Å². The van der Waals surface area contributed by atoms with Gasteiger partial charge in [0.05, 0.1) is 5.56 Å². The van der Waals surface area contributed by atoms with E-state index < -0.39 is 0 Å². The normalized spacial score (nSPS) is 18.9. The zero-order chi connectivity index (χ0) is 14.8. The number of piperidine rings is 1. The van der Waals surface area contributed by atoms with Crippen LogP contribution in [0.25, 0.3) is 10.8 Å². The molecule has 0 bridgehead atoms. The average Bonchev–Trinajstić information content (AvgIpc) is 2.55. The van der Waals surface area contributed by atoms with Gasteiger partial charge in [-0.25, -0.2) is 0 Å². The molecule has 110 valence electrons. The molecule has 0 saturated carbocycles. The number of hydrogen-bond donors (Lipinski definition) is 1. The standard InChI is InChI=1S/C17H18BrNO2/c18-11-13-6-3-4-10-19(13)17(21)15-9-8-12-5-1-2-7-14(12)16(15)20/h1-2,5,7-9,13,20H,3-4,6,10-11H2. The Bertz CT molecular complexity index is 671. The minimum atomic E-state index is -0.0672. The van der Waals surface area contributed by atoms with Crippen LogP contribution in [0.1, 0.15) is 29.6 Å². The highest BCUT2D eigenvalue weighted by Crippen LogP contribution is 2.31. The third-order valence-electron chi connectivity index (χ3n) is 4.20. The number of aromatic hydroxyl groups is 1. The molecule has 0 radical (unpaired) electrons. The molecule has 1 fully saturated rings. The molecule has 1 unspecified atom stereocenters. The second-order valence-corrected chi connectivity index (χ2v) is 6.13. The fourth-order valence-electron chi connectivity index (χ4n) is 3.01.